The summed E-state index contributed by atoms with van der Waals surface area (Å²) in [5, 5.41) is 3.01. The van der Waals surface area contributed by atoms with Crippen LogP contribution in [0.4, 0.5) is 0 Å². The van der Waals surface area contributed by atoms with E-state index in [-0.39, 0.29) is 0 Å². The predicted molar refractivity (Wildman–Crippen MR) is 54.7 cm³/mol. The molecule has 3 rings (SSSR count). The molecule has 1 aliphatic heterocycles. The second-order valence-corrected chi connectivity index (χ2v) is 8.96. The zero-order valence-corrected chi connectivity index (χ0v) is 9.71. The molecule has 0 aliphatic carbocycles. The summed E-state index contributed by atoms with van der Waals surface area (Å²) in [7, 11) is 0. The summed E-state index contributed by atoms with van der Waals surface area (Å²) in [5.74, 6) is 0. The molecule has 0 unspecified atom stereocenters. The molecule has 1 aliphatic rings. The quantitative estimate of drug-likeness (QED) is 0.615. The summed E-state index contributed by atoms with van der Waals surface area (Å²) in [4.78, 5) is 0. The Labute approximate surface area is 82.2 Å². The minimum absolute atomic E-state index is 0.760. The fourth-order valence-electron chi connectivity index (χ4n) is 1.50. The third-order valence-electron chi connectivity index (χ3n) is 2.05. The molecule has 0 radical (unpaired) electrons. The van der Waals surface area contributed by atoms with Crippen molar-refractivity contribution in [2.24, 2.45) is 0 Å². The predicted octanol–water partition coefficient (Wildman–Crippen LogP) is 0.427. The molecule has 0 amide bonds. The van der Waals surface area contributed by atoms with Crippen LogP contribution in [0.1, 0.15) is 0 Å². The molecular formula is C10H6Se2. The van der Waals surface area contributed by atoms with Crippen LogP contribution < -0.4 is 8.92 Å². The summed E-state index contributed by atoms with van der Waals surface area (Å²) < 4.78 is 3.24. The van der Waals surface area contributed by atoms with Gasteiger partial charge in [0.05, 0.1) is 0 Å². The van der Waals surface area contributed by atoms with Crippen molar-refractivity contribution in [1.29, 1.82) is 0 Å². The molecule has 1 heterocycles. The Bertz CT molecular complexity index is 410. The first-order valence-electron chi connectivity index (χ1n) is 3.81. The SMILES string of the molecule is c1cc2c3c(cccc3c1)[Se][Se]2. The van der Waals surface area contributed by atoms with Crippen molar-refractivity contribution in [3.63, 3.8) is 0 Å². The van der Waals surface area contributed by atoms with Crippen LogP contribution in [0, 0.1) is 0 Å². The monoisotopic (exact) mass is 286 g/mol. The second-order valence-electron chi connectivity index (χ2n) is 2.78. The van der Waals surface area contributed by atoms with Crippen molar-refractivity contribution < 1.29 is 0 Å². The van der Waals surface area contributed by atoms with Gasteiger partial charge in [0.1, 0.15) is 0 Å². The molecule has 0 nitrogen and oxygen atoms in total. The zero-order chi connectivity index (χ0) is 7.97. The Morgan fingerprint density at radius 3 is 1.92 bits per heavy atom. The number of rotatable bonds is 0. The summed E-state index contributed by atoms with van der Waals surface area (Å²) >= 11 is 1.52. The van der Waals surface area contributed by atoms with E-state index in [0.29, 0.717) is 0 Å². The van der Waals surface area contributed by atoms with Crippen LogP contribution in [-0.2, 0) is 0 Å². The van der Waals surface area contributed by atoms with Gasteiger partial charge in [-0.25, -0.2) is 0 Å². The van der Waals surface area contributed by atoms with Crippen molar-refractivity contribution in [1.82, 2.24) is 0 Å². The summed E-state index contributed by atoms with van der Waals surface area (Å²) in [6.45, 7) is 0. The summed E-state index contributed by atoms with van der Waals surface area (Å²) in [5.41, 5.74) is 0. The molecule has 0 bridgehead atoms. The topological polar surface area (TPSA) is 0 Å². The molecule has 0 N–H and O–H groups in total. The van der Waals surface area contributed by atoms with Crippen LogP contribution in [0.5, 0.6) is 0 Å². The van der Waals surface area contributed by atoms with Gasteiger partial charge in [-0.2, -0.15) is 0 Å². The van der Waals surface area contributed by atoms with Crippen LogP contribution in [-0.4, -0.2) is 26.3 Å². The van der Waals surface area contributed by atoms with Crippen molar-refractivity contribution in [2.75, 3.05) is 0 Å². The first-order valence-corrected chi connectivity index (χ1v) is 9.86. The van der Waals surface area contributed by atoms with E-state index in [4.69, 9.17) is 0 Å². The van der Waals surface area contributed by atoms with Gasteiger partial charge in [0.15, 0.2) is 0 Å². The van der Waals surface area contributed by atoms with E-state index in [1.54, 1.807) is 14.3 Å². The van der Waals surface area contributed by atoms with Crippen LogP contribution in [0.15, 0.2) is 36.4 Å². The van der Waals surface area contributed by atoms with Gasteiger partial charge in [-0.3, -0.25) is 0 Å². The molecule has 0 spiro atoms. The first-order chi connectivity index (χ1) is 5.95. The Kier molecular flexibility index (Phi) is 1.56. The Balaban J connectivity index is 2.58. The van der Waals surface area contributed by atoms with Crippen LogP contribution in [0.2, 0.25) is 0 Å². The van der Waals surface area contributed by atoms with E-state index in [2.05, 4.69) is 36.4 Å². The average molecular weight is 284 g/mol. The molecule has 2 aromatic carbocycles. The van der Waals surface area contributed by atoms with E-state index in [1.807, 2.05) is 0 Å². The molecule has 12 heavy (non-hydrogen) atoms. The van der Waals surface area contributed by atoms with Gasteiger partial charge in [0.2, 0.25) is 0 Å². The van der Waals surface area contributed by atoms with Crippen molar-refractivity contribution in [2.45, 2.75) is 0 Å². The normalized spacial score (nSPS) is 14.0. The van der Waals surface area contributed by atoms with Crippen molar-refractivity contribution >= 4 is 46.0 Å². The Hall–Kier alpha value is -0.261. The zero-order valence-electron chi connectivity index (χ0n) is 6.28. The summed E-state index contributed by atoms with van der Waals surface area (Å²) in [6.07, 6.45) is 0. The van der Waals surface area contributed by atoms with Gasteiger partial charge in [-0.1, -0.05) is 0 Å². The van der Waals surface area contributed by atoms with E-state index in [0.717, 1.165) is 26.3 Å². The van der Waals surface area contributed by atoms with Crippen LogP contribution in [0.25, 0.3) is 10.8 Å². The maximum absolute atomic E-state index is 2.29. The molecule has 2 heteroatoms. The minimum atomic E-state index is 0.760. The maximum atomic E-state index is 2.29. The molecule has 0 aromatic heterocycles. The van der Waals surface area contributed by atoms with Gasteiger partial charge >= 0.3 is 82.4 Å². The van der Waals surface area contributed by atoms with Crippen LogP contribution >= 0.6 is 0 Å². The van der Waals surface area contributed by atoms with Gasteiger partial charge in [-0.05, 0) is 0 Å². The number of hydrogen-bond acceptors (Lipinski definition) is 0. The van der Waals surface area contributed by atoms with Gasteiger partial charge in [0, 0.05) is 0 Å². The first kappa shape index (κ1) is 7.17. The standard InChI is InChI=1S/C10H6Se2/c1-3-7-4-2-6-9-10(7)8(5-1)11-12-9/h1-6H. The van der Waals surface area contributed by atoms with Crippen molar-refractivity contribution in [3.05, 3.63) is 36.4 Å². The molecule has 0 atom stereocenters. The van der Waals surface area contributed by atoms with E-state index >= 15 is 0 Å². The molecule has 0 fully saturated rings. The molecule has 0 saturated carbocycles. The molecule has 58 valence electrons. The Morgan fingerprint density at radius 1 is 0.750 bits per heavy atom. The van der Waals surface area contributed by atoms with Gasteiger partial charge in [-0.15, -0.1) is 0 Å². The number of benzene rings is 2. The van der Waals surface area contributed by atoms with E-state index in [1.165, 1.54) is 5.39 Å². The number of hydrogen-bond donors (Lipinski definition) is 0. The van der Waals surface area contributed by atoms with Gasteiger partial charge < -0.3 is 0 Å². The fourth-order valence-corrected chi connectivity index (χ4v) is 9.06. The average Bonchev–Trinajstić information content (AvgIpc) is 2.52. The Morgan fingerprint density at radius 2 is 1.33 bits per heavy atom. The molecule has 2 aromatic rings. The summed E-state index contributed by atoms with van der Waals surface area (Å²) in [6, 6.07) is 13.4. The van der Waals surface area contributed by atoms with E-state index in [9.17, 15) is 0 Å². The van der Waals surface area contributed by atoms with Crippen LogP contribution in [0.3, 0.4) is 0 Å². The molecular weight excluding hydrogens is 278 g/mol. The fraction of sp³-hybridized carbons (Fsp3) is 0. The van der Waals surface area contributed by atoms with Crippen molar-refractivity contribution in [3.8, 4) is 0 Å². The second kappa shape index (κ2) is 2.61. The third kappa shape index (κ3) is 0.901. The van der Waals surface area contributed by atoms with Gasteiger partial charge in [0.25, 0.3) is 0 Å². The van der Waals surface area contributed by atoms with E-state index < -0.39 is 0 Å². The molecule has 0 saturated heterocycles. The third-order valence-corrected chi connectivity index (χ3v) is 9.23.